The molecule has 0 aliphatic rings. The van der Waals surface area contributed by atoms with Crippen LogP contribution < -0.4 is 4.57 Å². The number of rotatable bonds is 15. The molecule has 0 aromatic carbocycles. The van der Waals surface area contributed by atoms with Gasteiger partial charge in [-0.25, -0.2) is 22.3 Å². The van der Waals surface area contributed by atoms with Crippen LogP contribution in [0.25, 0.3) is 0 Å². The summed E-state index contributed by atoms with van der Waals surface area (Å²) < 4.78 is 48.4. The van der Waals surface area contributed by atoms with E-state index in [1.807, 2.05) is 42.4 Å². The van der Waals surface area contributed by atoms with Gasteiger partial charge in [0.05, 0.1) is 26.4 Å². The molecule has 0 aliphatic heterocycles. The van der Waals surface area contributed by atoms with Gasteiger partial charge in [-0.3, -0.25) is 4.18 Å². The Morgan fingerprint density at radius 1 is 1.13 bits per heavy atom. The van der Waals surface area contributed by atoms with E-state index in [4.69, 9.17) is 9.47 Å². The quantitative estimate of drug-likeness (QED) is 0.129. The second kappa shape index (κ2) is 17.1. The summed E-state index contributed by atoms with van der Waals surface area (Å²) >= 11 is 0. The summed E-state index contributed by atoms with van der Waals surface area (Å²) in [7, 11) is -2.53. The minimum Gasteiger partial charge on any atom is -0.726 e. The van der Waals surface area contributed by atoms with Gasteiger partial charge in [0.1, 0.15) is 19.0 Å². The van der Waals surface area contributed by atoms with Crippen molar-refractivity contribution in [1.82, 2.24) is 4.57 Å². The summed E-state index contributed by atoms with van der Waals surface area (Å²) in [5.74, 6) is 0.782. The van der Waals surface area contributed by atoms with Gasteiger partial charge < -0.3 is 14.0 Å². The zero-order valence-electron chi connectivity index (χ0n) is 19.7. The summed E-state index contributed by atoms with van der Waals surface area (Å²) in [5.41, 5.74) is 0. The molecule has 0 N–H and O–H groups in total. The van der Waals surface area contributed by atoms with Crippen molar-refractivity contribution in [2.75, 3.05) is 19.8 Å². The molecule has 1 atom stereocenters. The maximum atomic E-state index is 11.6. The Hall–Kier alpha value is -1.49. The highest BCUT2D eigenvalue weighted by atomic mass is 32.3. The molecule has 31 heavy (non-hydrogen) atoms. The predicted octanol–water partition coefficient (Wildman–Crippen LogP) is 2.80. The zero-order valence-corrected chi connectivity index (χ0v) is 20.5. The second-order valence-electron chi connectivity index (χ2n) is 7.39. The van der Waals surface area contributed by atoms with Gasteiger partial charge in [0, 0.05) is 6.92 Å². The Morgan fingerprint density at radius 2 is 1.77 bits per heavy atom. The van der Waals surface area contributed by atoms with E-state index in [-0.39, 0.29) is 25.2 Å². The van der Waals surface area contributed by atoms with Crippen LogP contribution in [-0.2, 0) is 42.4 Å². The smallest absolute Gasteiger partial charge is 0.348 e. The minimum atomic E-state index is -4.47. The topological polar surface area (TPSA) is 111 Å². The fourth-order valence-corrected chi connectivity index (χ4v) is 2.84. The number of aryl methyl sites for hydroxylation is 1. The molecule has 0 amide bonds. The predicted molar refractivity (Wildman–Crippen MR) is 116 cm³/mol. The standard InChI is InChI=1S/C13H23N2O3.C8H18O4S/c1-5-11(2)17-8-9-18-13(16)10-15-7-6-14(4)12(15)3;1-2-3-4-5-6-7-8-12-13(9,10)11/h6-7,11H,5,8-10H2,1-4H3;2-8H2,1H3,(H,9,10,11)/q+1;/p-1. The number of hydrogen-bond donors (Lipinski definition) is 0. The van der Waals surface area contributed by atoms with Gasteiger partial charge >= 0.3 is 5.97 Å². The summed E-state index contributed by atoms with van der Waals surface area (Å²) in [6, 6.07) is 0. The fraction of sp³-hybridized carbons (Fsp3) is 0.810. The molecule has 10 heteroatoms. The van der Waals surface area contributed by atoms with Gasteiger partial charge in [-0.15, -0.1) is 0 Å². The number of imidazole rings is 1. The number of ether oxygens (including phenoxy) is 2. The van der Waals surface area contributed by atoms with Gasteiger partial charge in [0.25, 0.3) is 5.82 Å². The normalized spacial score (nSPS) is 12.2. The van der Waals surface area contributed by atoms with Gasteiger partial charge in [0.15, 0.2) is 6.54 Å². The number of unbranched alkanes of at least 4 members (excludes halogenated alkanes) is 5. The van der Waals surface area contributed by atoms with E-state index >= 15 is 0 Å². The van der Waals surface area contributed by atoms with Crippen LogP contribution >= 0.6 is 0 Å². The summed E-state index contributed by atoms with van der Waals surface area (Å²) in [4.78, 5) is 11.6. The summed E-state index contributed by atoms with van der Waals surface area (Å²) in [5, 5.41) is 0. The highest BCUT2D eigenvalue weighted by Gasteiger charge is 2.14. The maximum absolute atomic E-state index is 11.6. The molecule has 0 aliphatic carbocycles. The van der Waals surface area contributed by atoms with Crippen LogP contribution in [0.2, 0.25) is 0 Å². The Bertz CT molecular complexity index is 705. The van der Waals surface area contributed by atoms with Crippen molar-refractivity contribution in [3.05, 3.63) is 18.2 Å². The van der Waals surface area contributed by atoms with Crippen LogP contribution in [0, 0.1) is 6.92 Å². The first-order valence-corrected chi connectivity index (χ1v) is 12.3. The van der Waals surface area contributed by atoms with Gasteiger partial charge in [-0.1, -0.05) is 46.0 Å². The first-order chi connectivity index (χ1) is 14.6. The average Bonchev–Trinajstić information content (AvgIpc) is 3.02. The average molecular weight is 465 g/mol. The fourth-order valence-electron chi connectivity index (χ4n) is 2.52. The molecule has 0 radical (unpaired) electrons. The molecule has 1 aromatic heterocycles. The molecule has 182 valence electrons. The van der Waals surface area contributed by atoms with Crippen LogP contribution in [0.15, 0.2) is 12.4 Å². The number of nitrogens with zero attached hydrogens (tertiary/aromatic N) is 2. The molecule has 0 bridgehead atoms. The SMILES string of the molecule is CCC(C)OCCOC(=O)Cn1cc[n+](C)c1C.CCCCCCCCOS(=O)(=O)[O-]. The van der Waals surface area contributed by atoms with E-state index in [1.165, 1.54) is 19.3 Å². The highest BCUT2D eigenvalue weighted by molar-refractivity contribution is 7.80. The third kappa shape index (κ3) is 16.8. The van der Waals surface area contributed by atoms with E-state index in [2.05, 4.69) is 18.0 Å². The van der Waals surface area contributed by atoms with E-state index in [1.54, 1.807) is 0 Å². The van der Waals surface area contributed by atoms with Crippen LogP contribution in [0.1, 0.15) is 71.5 Å². The molecule has 1 rings (SSSR count). The Labute approximate surface area is 187 Å². The molecule has 1 unspecified atom stereocenters. The molecule has 1 heterocycles. The lowest BCUT2D eigenvalue weighted by atomic mass is 10.1. The summed E-state index contributed by atoms with van der Waals surface area (Å²) in [6.07, 6.45) is 11.2. The first kappa shape index (κ1) is 29.5. The molecular formula is C21H40N2O7S. The van der Waals surface area contributed by atoms with E-state index < -0.39 is 10.4 Å². The maximum Gasteiger partial charge on any atom is 0.348 e. The minimum absolute atomic E-state index is 0.0258. The number of carbonyl (C=O) groups excluding carboxylic acids is 1. The van der Waals surface area contributed by atoms with Crippen LogP contribution in [0.5, 0.6) is 0 Å². The second-order valence-corrected chi connectivity index (χ2v) is 8.44. The molecular weight excluding hydrogens is 424 g/mol. The van der Waals surface area contributed by atoms with Crippen LogP contribution in [-0.4, -0.2) is 49.4 Å². The number of aromatic nitrogens is 2. The van der Waals surface area contributed by atoms with Crippen molar-refractivity contribution >= 4 is 16.4 Å². The molecule has 9 nitrogen and oxygen atoms in total. The van der Waals surface area contributed by atoms with Gasteiger partial charge in [0.2, 0.25) is 10.4 Å². The van der Waals surface area contributed by atoms with Crippen molar-refractivity contribution in [2.24, 2.45) is 7.05 Å². The molecule has 0 saturated heterocycles. The molecule has 0 spiro atoms. The van der Waals surface area contributed by atoms with Gasteiger partial charge in [-0.05, 0) is 19.8 Å². The largest absolute Gasteiger partial charge is 0.726 e. The number of hydrogen-bond acceptors (Lipinski definition) is 7. The monoisotopic (exact) mass is 464 g/mol. The third-order valence-corrected chi connectivity index (χ3v) is 5.20. The molecule has 0 fully saturated rings. The van der Waals surface area contributed by atoms with Crippen molar-refractivity contribution in [3.63, 3.8) is 0 Å². The first-order valence-electron chi connectivity index (χ1n) is 11.0. The van der Waals surface area contributed by atoms with E-state index in [0.29, 0.717) is 19.6 Å². The molecule has 0 saturated carbocycles. The van der Waals surface area contributed by atoms with Crippen molar-refractivity contribution in [2.45, 2.75) is 85.3 Å². The third-order valence-electron chi connectivity index (χ3n) is 4.74. The zero-order chi connectivity index (χ0) is 23.7. The Balaban J connectivity index is 0.000000615. The van der Waals surface area contributed by atoms with E-state index in [0.717, 1.165) is 25.1 Å². The Kier molecular flexibility index (Phi) is 16.3. The van der Waals surface area contributed by atoms with Crippen molar-refractivity contribution in [3.8, 4) is 0 Å². The Morgan fingerprint density at radius 3 is 2.32 bits per heavy atom. The van der Waals surface area contributed by atoms with E-state index in [9.17, 15) is 17.8 Å². The van der Waals surface area contributed by atoms with Crippen LogP contribution in [0.4, 0.5) is 0 Å². The number of esters is 1. The lowest BCUT2D eigenvalue weighted by molar-refractivity contribution is -0.677. The van der Waals surface area contributed by atoms with Crippen molar-refractivity contribution in [1.29, 1.82) is 0 Å². The van der Waals surface area contributed by atoms with Crippen molar-refractivity contribution < 1.29 is 36.0 Å². The number of carbonyl (C=O) groups is 1. The van der Waals surface area contributed by atoms with Crippen LogP contribution in [0.3, 0.4) is 0 Å². The van der Waals surface area contributed by atoms with Gasteiger partial charge in [-0.2, -0.15) is 0 Å². The lowest BCUT2D eigenvalue weighted by Gasteiger charge is -2.10. The molecule has 1 aromatic rings. The lowest BCUT2D eigenvalue weighted by Crippen LogP contribution is -2.30. The summed E-state index contributed by atoms with van der Waals surface area (Å²) in [6.45, 7) is 9.20. The highest BCUT2D eigenvalue weighted by Crippen LogP contribution is 2.05.